The third kappa shape index (κ3) is 5.02. The largest absolute Gasteiger partial charge is 0.454 e. The Morgan fingerprint density at radius 2 is 1.53 bits per heavy atom. The molecule has 1 saturated carbocycles. The van der Waals surface area contributed by atoms with E-state index in [4.69, 9.17) is 28.8 Å². The topological polar surface area (TPSA) is 116 Å². The van der Waals surface area contributed by atoms with Crippen molar-refractivity contribution >= 4 is 27.7 Å². The molecule has 232 valence electrons. The number of morpholine rings is 1. The lowest BCUT2D eigenvalue weighted by Crippen LogP contribution is -2.40. The van der Waals surface area contributed by atoms with E-state index in [1.807, 2.05) is 36.4 Å². The molecule has 1 aliphatic carbocycles. The first-order valence-electron chi connectivity index (χ1n) is 15.1. The maximum absolute atomic E-state index is 14.2. The van der Waals surface area contributed by atoms with E-state index in [1.54, 1.807) is 17.1 Å². The van der Waals surface area contributed by atoms with Gasteiger partial charge in [-0.2, -0.15) is 9.41 Å². The van der Waals surface area contributed by atoms with Crippen LogP contribution in [-0.4, -0.2) is 69.2 Å². The molecule has 3 aromatic rings. The second-order valence-electron chi connectivity index (χ2n) is 11.5. The molecule has 12 heteroatoms. The molecular formula is C33H31N3O8S. The summed E-state index contributed by atoms with van der Waals surface area (Å²) in [6, 6.07) is 17.4. The van der Waals surface area contributed by atoms with E-state index >= 15 is 0 Å². The first-order valence-corrected chi connectivity index (χ1v) is 16.5. The Bertz CT molecular complexity index is 1830. The minimum Gasteiger partial charge on any atom is -0.454 e. The van der Waals surface area contributed by atoms with Crippen LogP contribution in [0.15, 0.2) is 76.2 Å². The third-order valence-corrected chi connectivity index (χ3v) is 10.8. The number of sulfonamides is 1. The predicted molar refractivity (Wildman–Crippen MR) is 163 cm³/mol. The van der Waals surface area contributed by atoms with Crippen LogP contribution < -0.4 is 18.9 Å². The summed E-state index contributed by atoms with van der Waals surface area (Å²) < 4.78 is 55.4. The van der Waals surface area contributed by atoms with Crippen molar-refractivity contribution in [1.82, 2.24) is 9.31 Å². The van der Waals surface area contributed by atoms with E-state index in [1.165, 1.54) is 16.4 Å². The fraction of sp³-hybridized carbons (Fsp3) is 0.333. The molecule has 2 fully saturated rings. The summed E-state index contributed by atoms with van der Waals surface area (Å²) in [7, 11) is -3.69. The Hall–Kier alpha value is -4.39. The third-order valence-electron chi connectivity index (χ3n) is 8.89. The molecule has 8 rings (SSSR count). The molecule has 5 aliphatic rings. The molecule has 0 bridgehead atoms. The Balaban J connectivity index is 1.14. The van der Waals surface area contributed by atoms with Gasteiger partial charge in [0.1, 0.15) is 0 Å². The number of fused-ring (bicyclic) bond motifs is 3. The molecule has 0 radical (unpaired) electrons. The SMILES string of the molecule is O=C(c1ccc(S(=O)(=O)N2CCOCC2)cc1)N1N=C2/C(=C\c3ccc4c(c3)OCO4)CCC[C@@H]2[C@@H]1c1ccc2c(c1)OCO2. The van der Waals surface area contributed by atoms with E-state index in [-0.39, 0.29) is 36.3 Å². The summed E-state index contributed by atoms with van der Waals surface area (Å²) >= 11 is 0. The smallest absolute Gasteiger partial charge is 0.274 e. The lowest BCUT2D eigenvalue weighted by atomic mass is 9.77. The summed E-state index contributed by atoms with van der Waals surface area (Å²) in [4.78, 5) is 14.3. The average Bonchev–Trinajstić information content (AvgIpc) is 3.83. The highest BCUT2D eigenvalue weighted by Crippen LogP contribution is 2.47. The highest BCUT2D eigenvalue weighted by atomic mass is 32.2. The van der Waals surface area contributed by atoms with Crippen molar-refractivity contribution in [2.24, 2.45) is 11.0 Å². The summed E-state index contributed by atoms with van der Waals surface area (Å²) in [5, 5.41) is 6.55. The number of benzene rings is 3. The number of carbonyl (C=O) groups is 1. The minimum atomic E-state index is -3.69. The number of allylic oxidation sites excluding steroid dienone is 1. The van der Waals surface area contributed by atoms with Gasteiger partial charge in [-0.05, 0) is 90.6 Å². The summed E-state index contributed by atoms with van der Waals surface area (Å²) in [6.07, 6.45) is 4.74. The zero-order valence-electron chi connectivity index (χ0n) is 24.4. The molecule has 1 saturated heterocycles. The Labute approximate surface area is 260 Å². The zero-order valence-corrected chi connectivity index (χ0v) is 25.2. The first-order chi connectivity index (χ1) is 22.0. The van der Waals surface area contributed by atoms with Crippen LogP contribution >= 0.6 is 0 Å². The van der Waals surface area contributed by atoms with E-state index in [0.29, 0.717) is 49.1 Å². The quantitative estimate of drug-likeness (QED) is 0.402. The monoisotopic (exact) mass is 629 g/mol. The van der Waals surface area contributed by atoms with Crippen molar-refractivity contribution in [3.05, 3.63) is 82.9 Å². The van der Waals surface area contributed by atoms with E-state index < -0.39 is 10.0 Å². The van der Waals surface area contributed by atoms with Gasteiger partial charge in [0.15, 0.2) is 23.0 Å². The minimum absolute atomic E-state index is 0.0377. The molecule has 0 unspecified atom stereocenters. The van der Waals surface area contributed by atoms with Crippen molar-refractivity contribution in [1.29, 1.82) is 0 Å². The van der Waals surface area contributed by atoms with Crippen LogP contribution in [0, 0.1) is 5.92 Å². The number of nitrogens with zero attached hydrogens (tertiary/aromatic N) is 3. The predicted octanol–water partition coefficient (Wildman–Crippen LogP) is 4.60. The number of hydrazone groups is 1. The van der Waals surface area contributed by atoms with Crippen LogP contribution in [0.25, 0.3) is 6.08 Å². The highest BCUT2D eigenvalue weighted by molar-refractivity contribution is 7.89. The second kappa shape index (κ2) is 11.2. The second-order valence-corrected chi connectivity index (χ2v) is 13.5. The summed E-state index contributed by atoms with van der Waals surface area (Å²) in [5.74, 6) is 2.39. The van der Waals surface area contributed by atoms with Gasteiger partial charge in [0.05, 0.1) is 29.9 Å². The Morgan fingerprint density at radius 1 is 0.844 bits per heavy atom. The molecule has 4 aliphatic heterocycles. The average molecular weight is 630 g/mol. The van der Waals surface area contributed by atoms with E-state index in [2.05, 4.69) is 6.08 Å². The maximum atomic E-state index is 14.2. The van der Waals surface area contributed by atoms with Crippen molar-refractivity contribution in [2.75, 3.05) is 39.9 Å². The molecule has 0 spiro atoms. The molecule has 3 aromatic carbocycles. The van der Waals surface area contributed by atoms with Gasteiger partial charge in [0.2, 0.25) is 23.6 Å². The van der Waals surface area contributed by atoms with Crippen LogP contribution in [0.2, 0.25) is 0 Å². The molecule has 1 amide bonds. The van der Waals surface area contributed by atoms with Crippen molar-refractivity contribution in [3.63, 3.8) is 0 Å². The summed E-state index contributed by atoms with van der Waals surface area (Å²) in [6.45, 7) is 1.68. The van der Waals surface area contributed by atoms with Gasteiger partial charge in [0, 0.05) is 24.6 Å². The van der Waals surface area contributed by atoms with Crippen LogP contribution in [0.3, 0.4) is 0 Å². The van der Waals surface area contributed by atoms with E-state index in [0.717, 1.165) is 47.4 Å². The number of amides is 1. The van der Waals surface area contributed by atoms with Gasteiger partial charge < -0.3 is 23.7 Å². The van der Waals surface area contributed by atoms with Crippen LogP contribution in [-0.2, 0) is 14.8 Å². The normalized spacial score (nSPS) is 23.2. The highest BCUT2D eigenvalue weighted by Gasteiger charge is 2.44. The van der Waals surface area contributed by atoms with E-state index in [9.17, 15) is 13.2 Å². The molecule has 11 nitrogen and oxygen atoms in total. The fourth-order valence-corrected chi connectivity index (χ4v) is 8.05. The van der Waals surface area contributed by atoms with Crippen molar-refractivity contribution in [2.45, 2.75) is 30.2 Å². The van der Waals surface area contributed by atoms with Crippen molar-refractivity contribution in [3.8, 4) is 23.0 Å². The Kier molecular flexibility index (Phi) is 7.00. The van der Waals surface area contributed by atoms with Crippen LogP contribution in [0.4, 0.5) is 0 Å². The molecule has 4 heterocycles. The maximum Gasteiger partial charge on any atom is 0.274 e. The van der Waals surface area contributed by atoms with Gasteiger partial charge in [0.25, 0.3) is 5.91 Å². The lowest BCUT2D eigenvalue weighted by molar-refractivity contribution is 0.0680. The molecule has 0 N–H and O–H groups in total. The number of ether oxygens (including phenoxy) is 5. The van der Waals surface area contributed by atoms with Crippen LogP contribution in [0.1, 0.15) is 46.8 Å². The summed E-state index contributed by atoms with van der Waals surface area (Å²) in [5.41, 5.74) is 4.16. The Morgan fingerprint density at radius 3 is 2.29 bits per heavy atom. The first kappa shape index (κ1) is 28.1. The number of carbonyl (C=O) groups excluding carboxylic acids is 1. The fourth-order valence-electron chi connectivity index (χ4n) is 6.64. The van der Waals surface area contributed by atoms with Gasteiger partial charge >= 0.3 is 0 Å². The molecule has 0 aromatic heterocycles. The number of rotatable bonds is 5. The number of hydrogen-bond acceptors (Lipinski definition) is 9. The van der Waals surface area contributed by atoms with Gasteiger partial charge in [-0.3, -0.25) is 4.79 Å². The number of hydrogen-bond donors (Lipinski definition) is 0. The molecule has 2 atom stereocenters. The van der Waals surface area contributed by atoms with Crippen LogP contribution in [0.5, 0.6) is 23.0 Å². The van der Waals surface area contributed by atoms with Gasteiger partial charge in [-0.25, -0.2) is 13.4 Å². The van der Waals surface area contributed by atoms with Crippen molar-refractivity contribution < 1.29 is 36.9 Å². The molecule has 45 heavy (non-hydrogen) atoms. The lowest BCUT2D eigenvalue weighted by Gasteiger charge is -2.30. The zero-order chi connectivity index (χ0) is 30.5. The van der Waals surface area contributed by atoms with Gasteiger partial charge in [-0.15, -0.1) is 0 Å². The van der Waals surface area contributed by atoms with Gasteiger partial charge in [-0.1, -0.05) is 12.1 Å². The standard InChI is InChI=1S/C33H31N3O8S/c37-33(22-5-8-25(9-6-22)45(38,39)35-12-14-40-15-13-35)36-32(24-7-11-28-30(18-24)44-20-42-28)26-3-1-2-23(31(26)34-36)16-21-4-10-27-29(17-21)43-19-41-27/h4-11,16-18,26,32H,1-3,12-15,19-20H2/b23-16-/t26-,32-/m0/s1. The molecular weight excluding hydrogens is 598 g/mol.